The van der Waals surface area contributed by atoms with E-state index in [9.17, 15) is 9.18 Å². The lowest BCUT2D eigenvalue weighted by molar-refractivity contribution is -0.131. The van der Waals surface area contributed by atoms with Crippen LogP contribution < -0.4 is 0 Å². The van der Waals surface area contributed by atoms with Gasteiger partial charge in [0.05, 0.1) is 24.0 Å². The van der Waals surface area contributed by atoms with E-state index in [1.54, 1.807) is 24.5 Å². The van der Waals surface area contributed by atoms with Crippen molar-refractivity contribution >= 4 is 17.5 Å². The van der Waals surface area contributed by atoms with E-state index in [0.717, 1.165) is 41.9 Å². The van der Waals surface area contributed by atoms with Crippen LogP contribution in [0.25, 0.3) is 11.3 Å². The highest BCUT2D eigenvalue weighted by Gasteiger charge is 2.26. The molecular weight excluding hydrogens is 389 g/mol. The normalized spacial score (nSPS) is 16.6. The Kier molecular flexibility index (Phi) is 5.86. The lowest BCUT2D eigenvalue weighted by Crippen LogP contribution is -2.40. The number of halogens is 2. The molecule has 6 heteroatoms. The van der Waals surface area contributed by atoms with Crippen molar-refractivity contribution in [2.75, 3.05) is 13.1 Å². The molecule has 0 saturated carbocycles. The minimum atomic E-state index is -0.294. The maximum absolute atomic E-state index is 13.1. The molecule has 1 fully saturated rings. The smallest absolute Gasteiger partial charge is 0.227 e. The molecule has 0 N–H and O–H groups in total. The van der Waals surface area contributed by atoms with Gasteiger partial charge in [-0.25, -0.2) is 9.37 Å². The number of carbonyl (C=O) groups is 1. The van der Waals surface area contributed by atoms with Crippen LogP contribution in [0.1, 0.15) is 30.0 Å². The minimum Gasteiger partial charge on any atom is -0.342 e. The summed E-state index contributed by atoms with van der Waals surface area (Å²) in [6.07, 6.45) is 5.68. The molecule has 1 saturated heterocycles. The third-order valence-electron chi connectivity index (χ3n) is 5.23. The Morgan fingerprint density at radius 2 is 2.00 bits per heavy atom. The van der Waals surface area contributed by atoms with Crippen LogP contribution in [0.5, 0.6) is 0 Å². The highest BCUT2D eigenvalue weighted by Crippen LogP contribution is 2.28. The molecule has 0 bridgehead atoms. The Morgan fingerprint density at radius 1 is 1.17 bits per heavy atom. The first-order chi connectivity index (χ1) is 14.1. The molecule has 0 unspecified atom stereocenters. The molecule has 148 valence electrons. The largest absolute Gasteiger partial charge is 0.342 e. The molecule has 1 aliphatic rings. The standard InChI is InChI=1S/C23H21ClFN3O/c24-19-5-1-3-17(12-19)21-13-26-14-22(27-21)18-4-2-10-28(15-18)23(29)11-16-6-8-20(25)9-7-16/h1,3,5-9,12-14,18H,2,4,10-11,15H2/t18-/m0/s1. The van der Waals surface area contributed by atoms with Crippen molar-refractivity contribution in [1.29, 1.82) is 0 Å². The predicted molar refractivity (Wildman–Crippen MR) is 111 cm³/mol. The van der Waals surface area contributed by atoms with E-state index in [2.05, 4.69) is 4.98 Å². The highest BCUT2D eigenvalue weighted by molar-refractivity contribution is 6.30. The second kappa shape index (κ2) is 8.70. The third kappa shape index (κ3) is 4.80. The van der Waals surface area contributed by atoms with Crippen LogP contribution >= 0.6 is 11.6 Å². The Morgan fingerprint density at radius 3 is 2.79 bits per heavy atom. The van der Waals surface area contributed by atoms with Gasteiger partial charge >= 0.3 is 0 Å². The molecule has 1 atom stereocenters. The van der Waals surface area contributed by atoms with Crippen LogP contribution in [0.15, 0.2) is 60.9 Å². The summed E-state index contributed by atoms with van der Waals surface area (Å²) in [6.45, 7) is 1.35. The fourth-order valence-electron chi connectivity index (χ4n) is 3.70. The molecular formula is C23H21ClFN3O. The molecule has 4 nitrogen and oxygen atoms in total. The Bertz CT molecular complexity index is 1010. The van der Waals surface area contributed by atoms with Gasteiger partial charge in [-0.3, -0.25) is 9.78 Å². The fraction of sp³-hybridized carbons (Fsp3) is 0.261. The zero-order valence-corrected chi connectivity index (χ0v) is 16.6. The van der Waals surface area contributed by atoms with Gasteiger partial charge in [0.25, 0.3) is 0 Å². The van der Waals surface area contributed by atoms with Crippen LogP contribution in [-0.4, -0.2) is 33.9 Å². The van der Waals surface area contributed by atoms with Gasteiger partial charge in [0.15, 0.2) is 0 Å². The lowest BCUT2D eigenvalue weighted by Gasteiger charge is -2.32. The molecule has 2 heterocycles. The summed E-state index contributed by atoms with van der Waals surface area (Å²) in [4.78, 5) is 23.8. The molecule has 0 spiro atoms. The number of benzene rings is 2. The zero-order valence-electron chi connectivity index (χ0n) is 15.9. The number of carbonyl (C=O) groups excluding carboxylic acids is 1. The maximum Gasteiger partial charge on any atom is 0.227 e. The summed E-state index contributed by atoms with van der Waals surface area (Å²) in [5.74, 6) is -0.0924. The molecule has 1 aromatic heterocycles. The van der Waals surface area contributed by atoms with Crippen molar-refractivity contribution < 1.29 is 9.18 Å². The van der Waals surface area contributed by atoms with Gasteiger partial charge in [-0.05, 0) is 42.7 Å². The SMILES string of the molecule is O=C(Cc1ccc(F)cc1)N1CCC[C@H](c2cncc(-c3cccc(Cl)c3)n2)C1. The quantitative estimate of drug-likeness (QED) is 0.616. The first kappa shape index (κ1) is 19.5. The molecule has 4 rings (SSSR count). The van der Waals surface area contributed by atoms with Crippen LogP contribution in [0.3, 0.4) is 0 Å². The molecule has 0 aliphatic carbocycles. The number of rotatable bonds is 4. The number of likely N-dealkylation sites (tertiary alicyclic amines) is 1. The van der Waals surface area contributed by atoms with Crippen molar-refractivity contribution in [2.24, 2.45) is 0 Å². The molecule has 1 amide bonds. The molecule has 0 radical (unpaired) electrons. The lowest BCUT2D eigenvalue weighted by atomic mass is 9.94. The molecule has 3 aromatic rings. The van der Waals surface area contributed by atoms with Gasteiger partial charge < -0.3 is 4.90 Å². The Labute approximate surface area is 174 Å². The number of aromatic nitrogens is 2. The number of amides is 1. The van der Waals surface area contributed by atoms with Gasteiger partial charge in [0.2, 0.25) is 5.91 Å². The summed E-state index contributed by atoms with van der Waals surface area (Å²) in [7, 11) is 0. The van der Waals surface area contributed by atoms with Crippen LogP contribution in [0.2, 0.25) is 5.02 Å². The van der Waals surface area contributed by atoms with Crippen molar-refractivity contribution in [3.05, 3.63) is 83.0 Å². The van der Waals surface area contributed by atoms with Crippen LogP contribution in [0.4, 0.5) is 4.39 Å². The summed E-state index contributed by atoms with van der Waals surface area (Å²) >= 11 is 6.10. The Hall–Kier alpha value is -2.79. The van der Waals surface area contributed by atoms with Gasteiger partial charge in [0.1, 0.15) is 5.82 Å². The van der Waals surface area contributed by atoms with Crippen LogP contribution in [-0.2, 0) is 11.2 Å². The van der Waals surface area contributed by atoms with Gasteiger partial charge in [-0.2, -0.15) is 0 Å². The zero-order chi connectivity index (χ0) is 20.2. The molecule has 29 heavy (non-hydrogen) atoms. The minimum absolute atomic E-state index is 0.0558. The van der Waals surface area contributed by atoms with E-state index in [1.807, 2.05) is 29.2 Å². The predicted octanol–water partition coefficient (Wildman–Crippen LogP) is 4.88. The van der Waals surface area contributed by atoms with E-state index in [-0.39, 0.29) is 24.1 Å². The molecule has 1 aliphatic heterocycles. The Balaban J connectivity index is 1.47. The van der Waals surface area contributed by atoms with E-state index >= 15 is 0 Å². The van der Waals surface area contributed by atoms with Gasteiger partial charge in [-0.1, -0.05) is 35.9 Å². The summed E-state index contributed by atoms with van der Waals surface area (Å²) in [5.41, 5.74) is 3.41. The monoisotopic (exact) mass is 409 g/mol. The van der Waals surface area contributed by atoms with Crippen molar-refractivity contribution in [1.82, 2.24) is 14.9 Å². The summed E-state index contributed by atoms with van der Waals surface area (Å²) in [6, 6.07) is 13.6. The van der Waals surface area contributed by atoms with Crippen molar-refractivity contribution in [2.45, 2.75) is 25.2 Å². The number of hydrogen-bond acceptors (Lipinski definition) is 3. The molecule has 2 aromatic carbocycles. The van der Waals surface area contributed by atoms with E-state index in [0.29, 0.717) is 11.6 Å². The summed E-state index contributed by atoms with van der Waals surface area (Å²) in [5, 5.41) is 0.657. The second-order valence-corrected chi connectivity index (χ2v) is 7.76. The second-order valence-electron chi connectivity index (χ2n) is 7.32. The number of hydrogen-bond donors (Lipinski definition) is 0. The van der Waals surface area contributed by atoms with Gasteiger partial charge in [0, 0.05) is 35.8 Å². The van der Waals surface area contributed by atoms with E-state index < -0.39 is 0 Å². The van der Waals surface area contributed by atoms with E-state index in [1.165, 1.54) is 12.1 Å². The maximum atomic E-state index is 13.1. The number of nitrogens with zero attached hydrogens (tertiary/aromatic N) is 3. The summed E-state index contributed by atoms with van der Waals surface area (Å²) < 4.78 is 13.1. The first-order valence-electron chi connectivity index (χ1n) is 9.68. The van der Waals surface area contributed by atoms with Crippen molar-refractivity contribution in [3.63, 3.8) is 0 Å². The first-order valence-corrected chi connectivity index (χ1v) is 10.1. The van der Waals surface area contributed by atoms with Gasteiger partial charge in [-0.15, -0.1) is 0 Å². The highest BCUT2D eigenvalue weighted by atomic mass is 35.5. The average Bonchev–Trinajstić information content (AvgIpc) is 2.75. The fourth-order valence-corrected chi connectivity index (χ4v) is 3.89. The topological polar surface area (TPSA) is 46.1 Å². The van der Waals surface area contributed by atoms with E-state index in [4.69, 9.17) is 16.6 Å². The number of piperidine rings is 1. The van der Waals surface area contributed by atoms with Crippen molar-refractivity contribution in [3.8, 4) is 11.3 Å². The average molecular weight is 410 g/mol. The van der Waals surface area contributed by atoms with Crippen LogP contribution in [0, 0.1) is 5.82 Å². The third-order valence-corrected chi connectivity index (χ3v) is 5.47.